The molecule has 1 aliphatic rings. The molecule has 6 rings (SSSR count). The second-order valence-electron chi connectivity index (χ2n) is 11.9. The quantitative estimate of drug-likeness (QED) is 0.191. The summed E-state index contributed by atoms with van der Waals surface area (Å²) in [5.41, 5.74) is 6.98. The van der Waals surface area contributed by atoms with Crippen molar-refractivity contribution in [2.75, 3.05) is 25.1 Å². The molecule has 0 radical (unpaired) electrons. The summed E-state index contributed by atoms with van der Waals surface area (Å²) in [4.78, 5) is 25.2. The fourth-order valence-corrected chi connectivity index (χ4v) is 6.71. The van der Waals surface area contributed by atoms with Crippen LogP contribution in [-0.4, -0.2) is 41.6 Å². The maximum Gasteiger partial charge on any atom is 0.171 e. The number of nitrogens with zero attached hydrogens (tertiary/aromatic N) is 3. The molecule has 0 fully saturated rings. The number of pyridine rings is 1. The molecule has 5 aromatic rings. The standard InChI is InChI=1S/C35H34ClN3O3S/c1-20-18-27-32(30(22-10-12-25(36)13-11-22)29(20)31(21(2)40)42-35(3,4)5)43-34(38-27)24-9-7-8-23(19-24)26-14-15-28-33(37-26)39(6)16-17-41-28/h7-15,18-19,31H,16-17H2,1-6H3/t31-/m1/s1. The van der Waals surface area contributed by atoms with E-state index in [-0.39, 0.29) is 5.78 Å². The largest absolute Gasteiger partial charge is 0.488 e. The predicted octanol–water partition coefficient (Wildman–Crippen LogP) is 8.93. The van der Waals surface area contributed by atoms with Crippen LogP contribution in [0.15, 0.2) is 66.7 Å². The van der Waals surface area contributed by atoms with Gasteiger partial charge in [-0.2, -0.15) is 0 Å². The highest BCUT2D eigenvalue weighted by atomic mass is 35.5. The molecule has 0 aliphatic carbocycles. The van der Waals surface area contributed by atoms with Crippen molar-refractivity contribution in [3.05, 3.63) is 82.9 Å². The van der Waals surface area contributed by atoms with Crippen LogP contribution in [0, 0.1) is 6.92 Å². The van der Waals surface area contributed by atoms with Crippen LogP contribution in [0.4, 0.5) is 5.82 Å². The highest BCUT2D eigenvalue weighted by Gasteiger charge is 2.30. The summed E-state index contributed by atoms with van der Waals surface area (Å²) in [6.07, 6.45) is -0.721. The minimum Gasteiger partial charge on any atom is -0.488 e. The van der Waals surface area contributed by atoms with Crippen LogP contribution in [0.1, 0.15) is 44.9 Å². The Morgan fingerprint density at radius 1 is 1.02 bits per heavy atom. The van der Waals surface area contributed by atoms with Gasteiger partial charge in [-0.3, -0.25) is 4.79 Å². The summed E-state index contributed by atoms with van der Waals surface area (Å²) in [5, 5.41) is 1.54. The van der Waals surface area contributed by atoms with E-state index >= 15 is 0 Å². The first-order chi connectivity index (χ1) is 20.5. The molecule has 0 saturated heterocycles. The van der Waals surface area contributed by atoms with E-state index in [1.54, 1.807) is 18.3 Å². The maximum atomic E-state index is 13.1. The van der Waals surface area contributed by atoms with Gasteiger partial charge in [0, 0.05) is 34.3 Å². The number of fused-ring (bicyclic) bond motifs is 2. The first kappa shape index (κ1) is 29.3. The van der Waals surface area contributed by atoms with Crippen LogP contribution in [-0.2, 0) is 9.53 Å². The van der Waals surface area contributed by atoms with E-state index in [4.69, 9.17) is 31.0 Å². The zero-order chi connectivity index (χ0) is 30.5. The van der Waals surface area contributed by atoms with Crippen LogP contribution in [0.3, 0.4) is 0 Å². The molecule has 43 heavy (non-hydrogen) atoms. The number of benzene rings is 3. The molecule has 1 atom stereocenters. The van der Waals surface area contributed by atoms with Crippen LogP contribution < -0.4 is 9.64 Å². The summed E-state index contributed by atoms with van der Waals surface area (Å²) in [5.74, 6) is 1.61. The molecular weight excluding hydrogens is 578 g/mol. The fourth-order valence-electron chi connectivity index (χ4n) is 5.47. The first-order valence-electron chi connectivity index (χ1n) is 14.3. The van der Waals surface area contributed by atoms with Gasteiger partial charge in [0.1, 0.15) is 17.7 Å². The Balaban J connectivity index is 1.51. The van der Waals surface area contributed by atoms with Crippen molar-refractivity contribution in [1.29, 1.82) is 0 Å². The number of aromatic nitrogens is 2. The molecule has 0 unspecified atom stereocenters. The third-order valence-corrected chi connectivity index (χ3v) is 8.84. The molecule has 3 aromatic carbocycles. The lowest BCUT2D eigenvalue weighted by Gasteiger charge is -2.29. The van der Waals surface area contributed by atoms with Crippen molar-refractivity contribution in [3.8, 4) is 38.7 Å². The summed E-state index contributed by atoms with van der Waals surface area (Å²) in [6, 6.07) is 22.1. The summed E-state index contributed by atoms with van der Waals surface area (Å²) in [7, 11) is 2.04. The van der Waals surface area contributed by atoms with E-state index in [0.29, 0.717) is 11.6 Å². The van der Waals surface area contributed by atoms with Crippen molar-refractivity contribution in [2.24, 2.45) is 0 Å². The van der Waals surface area contributed by atoms with Crippen LogP contribution >= 0.6 is 22.9 Å². The van der Waals surface area contributed by atoms with Crippen molar-refractivity contribution in [3.63, 3.8) is 0 Å². The zero-order valence-corrected chi connectivity index (χ0v) is 26.8. The van der Waals surface area contributed by atoms with Gasteiger partial charge in [0.15, 0.2) is 17.4 Å². The molecule has 0 bridgehead atoms. The second kappa shape index (κ2) is 11.4. The highest BCUT2D eigenvalue weighted by molar-refractivity contribution is 7.22. The topological polar surface area (TPSA) is 64.5 Å². The Morgan fingerprint density at radius 3 is 2.49 bits per heavy atom. The normalized spacial score (nSPS) is 14.0. The van der Waals surface area contributed by atoms with Gasteiger partial charge in [-0.25, -0.2) is 9.97 Å². The van der Waals surface area contributed by atoms with Gasteiger partial charge in [-0.15, -0.1) is 11.3 Å². The number of carbonyl (C=O) groups is 1. The number of ether oxygens (including phenoxy) is 2. The number of ketones is 1. The van der Waals surface area contributed by atoms with Crippen molar-refractivity contribution in [1.82, 2.24) is 9.97 Å². The lowest BCUT2D eigenvalue weighted by Crippen LogP contribution is -2.29. The fraction of sp³-hybridized carbons (Fsp3) is 0.286. The van der Waals surface area contributed by atoms with Gasteiger partial charge in [0.2, 0.25) is 0 Å². The summed E-state index contributed by atoms with van der Waals surface area (Å²) < 4.78 is 13.2. The molecule has 0 spiro atoms. The Labute approximate surface area is 261 Å². The van der Waals surface area contributed by atoms with E-state index in [9.17, 15) is 4.79 Å². The Morgan fingerprint density at radius 2 is 1.77 bits per heavy atom. The second-order valence-corrected chi connectivity index (χ2v) is 13.4. The van der Waals surface area contributed by atoms with Gasteiger partial charge in [-0.1, -0.05) is 41.9 Å². The van der Waals surface area contributed by atoms with Crippen molar-refractivity contribution < 1.29 is 14.3 Å². The molecule has 3 heterocycles. The average molecular weight is 612 g/mol. The van der Waals surface area contributed by atoms with Crippen LogP contribution in [0.25, 0.3) is 43.2 Å². The Bertz CT molecular complexity index is 1840. The Kier molecular flexibility index (Phi) is 7.75. The monoisotopic (exact) mass is 611 g/mol. The summed E-state index contributed by atoms with van der Waals surface area (Å²) in [6.45, 7) is 11.0. The summed E-state index contributed by atoms with van der Waals surface area (Å²) >= 11 is 7.90. The SMILES string of the molecule is CC(=O)[C@@H](OC(C)(C)C)c1c(C)cc2nc(-c3cccc(-c4ccc5c(n4)N(C)CCO5)c3)sc2c1-c1ccc(Cl)cc1. The molecule has 8 heteroatoms. The first-order valence-corrected chi connectivity index (χ1v) is 15.5. The molecule has 6 nitrogen and oxygen atoms in total. The van der Waals surface area contributed by atoms with E-state index in [1.807, 2.05) is 77.2 Å². The molecule has 220 valence electrons. The number of halogens is 1. The van der Waals surface area contributed by atoms with Gasteiger partial charge < -0.3 is 14.4 Å². The van der Waals surface area contributed by atoms with E-state index in [0.717, 1.165) is 72.4 Å². The molecule has 0 amide bonds. The van der Waals surface area contributed by atoms with Gasteiger partial charge in [0.25, 0.3) is 0 Å². The maximum absolute atomic E-state index is 13.1. The number of thiazole rings is 1. The minimum atomic E-state index is -0.721. The van der Waals surface area contributed by atoms with Gasteiger partial charge in [0.05, 0.1) is 28.1 Å². The average Bonchev–Trinajstić information content (AvgIpc) is 3.39. The number of hydrogen-bond acceptors (Lipinski definition) is 7. The van der Waals surface area contributed by atoms with Crippen molar-refractivity contribution >= 4 is 44.8 Å². The van der Waals surface area contributed by atoms with E-state index in [1.165, 1.54) is 0 Å². The number of carbonyl (C=O) groups excluding carboxylic acids is 1. The third kappa shape index (κ3) is 5.90. The van der Waals surface area contributed by atoms with Crippen LogP contribution in [0.5, 0.6) is 5.75 Å². The molecule has 0 saturated carbocycles. The highest BCUT2D eigenvalue weighted by Crippen LogP contribution is 2.45. The van der Waals surface area contributed by atoms with Gasteiger partial charge >= 0.3 is 0 Å². The number of anilines is 1. The van der Waals surface area contributed by atoms with E-state index in [2.05, 4.69) is 29.2 Å². The van der Waals surface area contributed by atoms with Crippen molar-refractivity contribution in [2.45, 2.75) is 46.3 Å². The molecular formula is C35H34ClN3O3S. The number of aryl methyl sites for hydroxylation is 1. The van der Waals surface area contributed by atoms with E-state index < -0.39 is 11.7 Å². The molecule has 0 N–H and O–H groups in total. The Hall–Kier alpha value is -3.78. The zero-order valence-electron chi connectivity index (χ0n) is 25.2. The lowest BCUT2D eigenvalue weighted by atomic mass is 9.90. The lowest BCUT2D eigenvalue weighted by molar-refractivity contribution is -0.138. The molecule has 2 aromatic heterocycles. The predicted molar refractivity (Wildman–Crippen MR) is 176 cm³/mol. The minimum absolute atomic E-state index is 0.0429. The smallest absolute Gasteiger partial charge is 0.171 e. The number of rotatable bonds is 6. The molecule has 1 aliphatic heterocycles. The number of likely N-dealkylation sites (N-methyl/N-ethyl adjacent to an activating group) is 1. The third-order valence-electron chi connectivity index (χ3n) is 7.45. The number of hydrogen-bond donors (Lipinski definition) is 0. The van der Waals surface area contributed by atoms with Gasteiger partial charge in [-0.05, 0) is 82.1 Å². The number of Topliss-reactive ketones (excluding diaryl/α,β-unsaturated/α-hetero) is 1. The van der Waals surface area contributed by atoms with Crippen LogP contribution in [0.2, 0.25) is 5.02 Å².